The minimum atomic E-state index is 0.295. The first-order valence-corrected chi connectivity index (χ1v) is 15.2. The minimum Gasteiger partial charge on any atom is -0.456 e. The van der Waals surface area contributed by atoms with E-state index in [0.29, 0.717) is 5.92 Å². The van der Waals surface area contributed by atoms with E-state index in [0.717, 1.165) is 61.3 Å². The molecule has 4 nitrogen and oxygen atoms in total. The topological polar surface area (TPSA) is 35.9 Å². The number of furan rings is 1. The standard InChI is InChI=1S/C40H29N3O/c1-25(2)40-41-34-14-5-8-17-37(34)43(40)28-11-9-10-26(22-28)27-18-20-38-32(23-27)33-24-29(19-21-39(33)44-38)42-35-15-6-3-12-30(35)31-13-4-7-16-36(31)42/h3-25H,1-2H3. The molecule has 9 rings (SSSR count). The number of benzene rings is 6. The van der Waals surface area contributed by atoms with Crippen molar-refractivity contribution < 1.29 is 4.42 Å². The molecule has 0 bridgehead atoms. The van der Waals surface area contributed by atoms with Crippen LogP contribution >= 0.6 is 0 Å². The maximum atomic E-state index is 6.34. The molecule has 3 aromatic heterocycles. The lowest BCUT2D eigenvalue weighted by atomic mass is 10.0. The molecule has 0 atom stereocenters. The molecule has 0 spiro atoms. The molecule has 0 saturated heterocycles. The molecule has 0 fully saturated rings. The van der Waals surface area contributed by atoms with Crippen molar-refractivity contribution >= 4 is 54.8 Å². The Morgan fingerprint density at radius 1 is 0.500 bits per heavy atom. The Kier molecular flexibility index (Phi) is 5.36. The van der Waals surface area contributed by atoms with Crippen molar-refractivity contribution in [2.24, 2.45) is 0 Å². The second-order valence-corrected chi connectivity index (χ2v) is 11.9. The van der Waals surface area contributed by atoms with Crippen LogP contribution in [-0.2, 0) is 0 Å². The summed E-state index contributed by atoms with van der Waals surface area (Å²) in [5.74, 6) is 1.36. The smallest absolute Gasteiger partial charge is 0.135 e. The van der Waals surface area contributed by atoms with Crippen LogP contribution in [0, 0.1) is 0 Å². The summed E-state index contributed by atoms with van der Waals surface area (Å²) in [6.45, 7) is 4.40. The molecule has 0 radical (unpaired) electrons. The predicted molar refractivity (Wildman–Crippen MR) is 182 cm³/mol. The molecule has 210 valence electrons. The van der Waals surface area contributed by atoms with Gasteiger partial charge in [0.15, 0.2) is 0 Å². The van der Waals surface area contributed by atoms with Crippen LogP contribution in [0.3, 0.4) is 0 Å². The summed E-state index contributed by atoms with van der Waals surface area (Å²) in [7, 11) is 0. The lowest BCUT2D eigenvalue weighted by Crippen LogP contribution is -2.03. The largest absolute Gasteiger partial charge is 0.456 e. The Labute approximate surface area is 254 Å². The van der Waals surface area contributed by atoms with Crippen molar-refractivity contribution in [3.8, 4) is 22.5 Å². The summed E-state index contributed by atoms with van der Waals surface area (Å²) in [6.07, 6.45) is 0. The van der Waals surface area contributed by atoms with Crippen LogP contribution in [0.25, 0.3) is 77.3 Å². The van der Waals surface area contributed by atoms with Crippen molar-refractivity contribution in [3.63, 3.8) is 0 Å². The first-order chi connectivity index (χ1) is 21.6. The number of nitrogens with zero attached hydrogens (tertiary/aromatic N) is 3. The predicted octanol–water partition coefficient (Wildman–Crippen LogP) is 10.8. The van der Waals surface area contributed by atoms with Gasteiger partial charge in [-0.1, -0.05) is 80.6 Å². The van der Waals surface area contributed by atoms with E-state index >= 15 is 0 Å². The van der Waals surface area contributed by atoms with E-state index in [4.69, 9.17) is 9.40 Å². The van der Waals surface area contributed by atoms with Crippen LogP contribution in [0.5, 0.6) is 0 Å². The van der Waals surface area contributed by atoms with Gasteiger partial charge in [-0.05, 0) is 77.9 Å². The molecule has 9 aromatic rings. The third kappa shape index (κ3) is 3.67. The highest BCUT2D eigenvalue weighted by molar-refractivity contribution is 6.11. The molecule has 0 N–H and O–H groups in total. The highest BCUT2D eigenvalue weighted by atomic mass is 16.3. The number of fused-ring (bicyclic) bond motifs is 7. The maximum absolute atomic E-state index is 6.34. The lowest BCUT2D eigenvalue weighted by Gasteiger charge is -2.13. The molecule has 3 heterocycles. The van der Waals surface area contributed by atoms with Gasteiger partial charge in [0.25, 0.3) is 0 Å². The van der Waals surface area contributed by atoms with Gasteiger partial charge in [0, 0.05) is 38.8 Å². The molecule has 44 heavy (non-hydrogen) atoms. The van der Waals surface area contributed by atoms with Crippen LogP contribution in [0.4, 0.5) is 0 Å². The van der Waals surface area contributed by atoms with Crippen molar-refractivity contribution in [2.75, 3.05) is 0 Å². The van der Waals surface area contributed by atoms with Crippen LogP contribution in [0.2, 0.25) is 0 Å². The third-order valence-corrected chi connectivity index (χ3v) is 8.83. The maximum Gasteiger partial charge on any atom is 0.135 e. The molecular weight excluding hydrogens is 538 g/mol. The number of rotatable bonds is 4. The fraction of sp³-hybridized carbons (Fsp3) is 0.0750. The van der Waals surface area contributed by atoms with Gasteiger partial charge in [0.2, 0.25) is 0 Å². The quantitative estimate of drug-likeness (QED) is 0.212. The average Bonchev–Trinajstić information content (AvgIpc) is 3.74. The van der Waals surface area contributed by atoms with Gasteiger partial charge < -0.3 is 8.98 Å². The average molecular weight is 568 g/mol. The normalized spacial score (nSPS) is 12.1. The van der Waals surface area contributed by atoms with Crippen molar-refractivity contribution in [1.29, 1.82) is 0 Å². The highest BCUT2D eigenvalue weighted by Crippen LogP contribution is 2.37. The monoisotopic (exact) mass is 567 g/mol. The second kappa shape index (κ2) is 9.45. The van der Waals surface area contributed by atoms with Gasteiger partial charge in [-0.25, -0.2) is 4.98 Å². The van der Waals surface area contributed by atoms with Gasteiger partial charge >= 0.3 is 0 Å². The number of aromatic nitrogens is 3. The van der Waals surface area contributed by atoms with E-state index in [1.165, 1.54) is 21.8 Å². The van der Waals surface area contributed by atoms with E-state index in [1.807, 2.05) is 0 Å². The molecule has 0 unspecified atom stereocenters. The fourth-order valence-electron chi connectivity index (χ4n) is 6.81. The van der Waals surface area contributed by atoms with Gasteiger partial charge in [-0.15, -0.1) is 0 Å². The number of imidazole rings is 1. The summed E-state index contributed by atoms with van der Waals surface area (Å²) < 4.78 is 11.0. The number of hydrogen-bond donors (Lipinski definition) is 0. The second-order valence-electron chi connectivity index (χ2n) is 11.9. The van der Waals surface area contributed by atoms with E-state index in [9.17, 15) is 0 Å². The van der Waals surface area contributed by atoms with E-state index in [1.54, 1.807) is 0 Å². The summed E-state index contributed by atoms with van der Waals surface area (Å²) in [5, 5.41) is 4.74. The molecule has 4 heteroatoms. The SMILES string of the molecule is CC(C)c1nc2ccccc2n1-c1cccc(-c2ccc3oc4ccc(-n5c6ccccc6c6ccccc65)cc4c3c2)c1. The Morgan fingerprint density at radius 3 is 1.86 bits per heavy atom. The fourth-order valence-corrected chi connectivity index (χ4v) is 6.81. The molecule has 0 aliphatic rings. The molecule has 0 saturated carbocycles. The molecule has 0 aliphatic carbocycles. The number of para-hydroxylation sites is 4. The van der Waals surface area contributed by atoms with Crippen molar-refractivity contribution in [1.82, 2.24) is 14.1 Å². The summed E-state index contributed by atoms with van der Waals surface area (Å²) >= 11 is 0. The Hall–Kier alpha value is -5.61. The summed E-state index contributed by atoms with van der Waals surface area (Å²) in [5.41, 5.74) is 10.9. The van der Waals surface area contributed by atoms with Crippen molar-refractivity contribution in [2.45, 2.75) is 19.8 Å². The molecular formula is C40H29N3O. The molecule has 6 aromatic carbocycles. The Morgan fingerprint density at radius 2 is 1.11 bits per heavy atom. The van der Waals surface area contributed by atoms with Gasteiger partial charge in [0.1, 0.15) is 17.0 Å². The number of hydrogen-bond acceptors (Lipinski definition) is 2. The zero-order chi connectivity index (χ0) is 29.4. The zero-order valence-electron chi connectivity index (χ0n) is 24.5. The summed E-state index contributed by atoms with van der Waals surface area (Å²) in [6, 6.07) is 47.5. The highest BCUT2D eigenvalue weighted by Gasteiger charge is 2.17. The summed E-state index contributed by atoms with van der Waals surface area (Å²) in [4.78, 5) is 4.97. The Bertz CT molecular complexity index is 2490. The molecule has 0 amide bonds. The Balaban J connectivity index is 1.21. The van der Waals surface area contributed by atoms with Crippen LogP contribution in [0.15, 0.2) is 138 Å². The van der Waals surface area contributed by atoms with Crippen molar-refractivity contribution in [3.05, 3.63) is 139 Å². The zero-order valence-corrected chi connectivity index (χ0v) is 24.5. The van der Waals surface area contributed by atoms with E-state index in [-0.39, 0.29) is 0 Å². The van der Waals surface area contributed by atoms with Gasteiger partial charge in [0.05, 0.1) is 22.1 Å². The van der Waals surface area contributed by atoms with Crippen LogP contribution in [0.1, 0.15) is 25.6 Å². The minimum absolute atomic E-state index is 0.295. The lowest BCUT2D eigenvalue weighted by molar-refractivity contribution is 0.669. The molecule has 0 aliphatic heterocycles. The first kappa shape index (κ1) is 24.9. The van der Waals surface area contributed by atoms with Gasteiger partial charge in [-0.3, -0.25) is 4.57 Å². The van der Waals surface area contributed by atoms with E-state index < -0.39 is 0 Å². The van der Waals surface area contributed by atoms with Crippen LogP contribution < -0.4 is 0 Å². The van der Waals surface area contributed by atoms with E-state index in [2.05, 4.69) is 156 Å². The first-order valence-electron chi connectivity index (χ1n) is 15.2. The van der Waals surface area contributed by atoms with Crippen LogP contribution in [-0.4, -0.2) is 14.1 Å². The van der Waals surface area contributed by atoms with Gasteiger partial charge in [-0.2, -0.15) is 0 Å². The third-order valence-electron chi connectivity index (χ3n) is 8.83.